The number of benzene rings is 1. The molecule has 1 aliphatic rings. The van der Waals surface area contributed by atoms with Gasteiger partial charge in [-0.1, -0.05) is 34.5 Å². The maximum atomic E-state index is 9.29. The molecule has 0 radical (unpaired) electrons. The maximum absolute atomic E-state index is 9.29. The van der Waals surface area contributed by atoms with E-state index in [2.05, 4.69) is 46.4 Å². The van der Waals surface area contributed by atoms with Gasteiger partial charge < -0.3 is 10.4 Å². The molecule has 0 aromatic heterocycles. The number of aliphatic hydroxyl groups is 1. The highest BCUT2D eigenvalue weighted by Gasteiger charge is 2.25. The standard InChI is InChI=1S/C15H22BrNO/c1-11-7-12(5-6-15(11)16)8-17-9-13-3-2-4-14(13)10-18/h5-7,13-14,17-18H,2-4,8-10H2,1H3. The van der Waals surface area contributed by atoms with Crippen molar-refractivity contribution in [3.63, 3.8) is 0 Å². The molecular formula is C15H22BrNO. The van der Waals surface area contributed by atoms with Gasteiger partial charge in [-0.05, 0) is 55.3 Å². The second-order valence-electron chi connectivity index (χ2n) is 5.35. The van der Waals surface area contributed by atoms with Crippen molar-refractivity contribution in [3.8, 4) is 0 Å². The second-order valence-corrected chi connectivity index (χ2v) is 6.20. The predicted molar refractivity (Wildman–Crippen MR) is 78.5 cm³/mol. The fourth-order valence-corrected chi connectivity index (χ4v) is 3.09. The quantitative estimate of drug-likeness (QED) is 0.875. The van der Waals surface area contributed by atoms with Gasteiger partial charge in [-0.2, -0.15) is 0 Å². The molecule has 0 saturated heterocycles. The summed E-state index contributed by atoms with van der Waals surface area (Å²) in [6, 6.07) is 6.48. The summed E-state index contributed by atoms with van der Waals surface area (Å²) in [5.74, 6) is 1.18. The number of hydrogen-bond acceptors (Lipinski definition) is 2. The minimum atomic E-state index is 0.351. The monoisotopic (exact) mass is 311 g/mol. The van der Waals surface area contributed by atoms with E-state index < -0.39 is 0 Å². The molecule has 2 nitrogen and oxygen atoms in total. The van der Waals surface area contributed by atoms with Crippen LogP contribution in [0.15, 0.2) is 22.7 Å². The minimum Gasteiger partial charge on any atom is -0.396 e. The average molecular weight is 312 g/mol. The van der Waals surface area contributed by atoms with E-state index in [9.17, 15) is 5.11 Å². The lowest BCUT2D eigenvalue weighted by molar-refractivity contribution is 0.192. The van der Waals surface area contributed by atoms with Crippen LogP contribution in [0.3, 0.4) is 0 Å². The van der Waals surface area contributed by atoms with Crippen LogP contribution >= 0.6 is 15.9 Å². The van der Waals surface area contributed by atoms with Crippen LogP contribution in [0.5, 0.6) is 0 Å². The highest BCUT2D eigenvalue weighted by molar-refractivity contribution is 9.10. The molecule has 2 unspecified atom stereocenters. The van der Waals surface area contributed by atoms with E-state index in [0.717, 1.165) is 13.1 Å². The Bertz CT molecular complexity index is 394. The zero-order chi connectivity index (χ0) is 13.0. The number of hydrogen-bond donors (Lipinski definition) is 2. The van der Waals surface area contributed by atoms with Crippen molar-refractivity contribution in [2.75, 3.05) is 13.2 Å². The highest BCUT2D eigenvalue weighted by atomic mass is 79.9. The molecule has 18 heavy (non-hydrogen) atoms. The van der Waals surface area contributed by atoms with Crippen molar-refractivity contribution >= 4 is 15.9 Å². The topological polar surface area (TPSA) is 32.3 Å². The molecule has 1 aliphatic carbocycles. The Morgan fingerprint density at radius 2 is 2.11 bits per heavy atom. The van der Waals surface area contributed by atoms with Gasteiger partial charge in [-0.15, -0.1) is 0 Å². The van der Waals surface area contributed by atoms with Crippen LogP contribution in [0, 0.1) is 18.8 Å². The third-order valence-electron chi connectivity index (χ3n) is 4.01. The molecule has 2 atom stereocenters. The predicted octanol–water partition coefficient (Wildman–Crippen LogP) is 3.26. The number of aryl methyl sites for hydroxylation is 1. The van der Waals surface area contributed by atoms with Crippen LogP contribution in [0.4, 0.5) is 0 Å². The first kappa shape index (κ1) is 14.0. The van der Waals surface area contributed by atoms with E-state index in [4.69, 9.17) is 0 Å². The molecule has 1 aromatic carbocycles. The minimum absolute atomic E-state index is 0.351. The Balaban J connectivity index is 1.79. The van der Waals surface area contributed by atoms with Crippen molar-refractivity contribution < 1.29 is 5.11 Å². The first-order chi connectivity index (χ1) is 8.70. The van der Waals surface area contributed by atoms with Crippen LogP contribution in [0.1, 0.15) is 30.4 Å². The molecule has 1 fully saturated rings. The van der Waals surface area contributed by atoms with Crippen molar-refractivity contribution in [2.24, 2.45) is 11.8 Å². The molecule has 1 saturated carbocycles. The lowest BCUT2D eigenvalue weighted by Gasteiger charge is -2.18. The summed E-state index contributed by atoms with van der Waals surface area (Å²) in [5, 5.41) is 12.8. The van der Waals surface area contributed by atoms with Gasteiger partial charge in [-0.3, -0.25) is 0 Å². The molecular weight excluding hydrogens is 290 g/mol. The molecule has 0 bridgehead atoms. The first-order valence-electron chi connectivity index (χ1n) is 6.77. The van der Waals surface area contributed by atoms with Gasteiger partial charge in [-0.25, -0.2) is 0 Å². The maximum Gasteiger partial charge on any atom is 0.0462 e. The molecule has 0 aliphatic heterocycles. The van der Waals surface area contributed by atoms with Crippen LogP contribution < -0.4 is 5.32 Å². The molecule has 0 amide bonds. The van der Waals surface area contributed by atoms with Gasteiger partial charge in [0.15, 0.2) is 0 Å². The van der Waals surface area contributed by atoms with Gasteiger partial charge >= 0.3 is 0 Å². The number of halogens is 1. The van der Waals surface area contributed by atoms with Crippen molar-refractivity contribution in [3.05, 3.63) is 33.8 Å². The summed E-state index contributed by atoms with van der Waals surface area (Å²) in [6.07, 6.45) is 3.73. The normalized spacial score (nSPS) is 23.5. The van der Waals surface area contributed by atoms with E-state index in [1.165, 1.54) is 34.9 Å². The Morgan fingerprint density at radius 3 is 2.83 bits per heavy atom. The molecule has 2 rings (SSSR count). The van der Waals surface area contributed by atoms with E-state index in [1.54, 1.807) is 0 Å². The van der Waals surface area contributed by atoms with Crippen LogP contribution in [-0.2, 0) is 6.54 Å². The summed E-state index contributed by atoms with van der Waals surface area (Å²) in [6.45, 7) is 4.42. The SMILES string of the molecule is Cc1cc(CNCC2CCCC2CO)ccc1Br. The smallest absolute Gasteiger partial charge is 0.0462 e. The number of aliphatic hydroxyl groups excluding tert-OH is 1. The summed E-state index contributed by atoms with van der Waals surface area (Å²) < 4.78 is 1.17. The summed E-state index contributed by atoms with van der Waals surface area (Å²) in [5.41, 5.74) is 2.61. The van der Waals surface area contributed by atoms with E-state index >= 15 is 0 Å². The van der Waals surface area contributed by atoms with Crippen LogP contribution in [-0.4, -0.2) is 18.3 Å². The van der Waals surface area contributed by atoms with Crippen molar-refractivity contribution in [2.45, 2.75) is 32.7 Å². The Kier molecular flexibility index (Phi) is 5.22. The Morgan fingerprint density at radius 1 is 1.33 bits per heavy atom. The van der Waals surface area contributed by atoms with Gasteiger partial charge in [0.05, 0.1) is 0 Å². The van der Waals surface area contributed by atoms with Gasteiger partial charge in [0, 0.05) is 17.6 Å². The molecule has 0 heterocycles. The van der Waals surface area contributed by atoms with Gasteiger partial charge in [0.2, 0.25) is 0 Å². The molecule has 0 spiro atoms. The Hall–Kier alpha value is -0.380. The van der Waals surface area contributed by atoms with E-state index in [1.807, 2.05) is 0 Å². The molecule has 2 N–H and O–H groups in total. The molecule has 1 aromatic rings. The summed E-state index contributed by atoms with van der Waals surface area (Å²) in [7, 11) is 0. The third-order valence-corrected chi connectivity index (χ3v) is 4.90. The summed E-state index contributed by atoms with van der Waals surface area (Å²) >= 11 is 3.52. The first-order valence-corrected chi connectivity index (χ1v) is 7.56. The summed E-state index contributed by atoms with van der Waals surface area (Å²) in [4.78, 5) is 0. The van der Waals surface area contributed by atoms with Crippen LogP contribution in [0.25, 0.3) is 0 Å². The zero-order valence-corrected chi connectivity index (χ0v) is 12.5. The average Bonchev–Trinajstić information content (AvgIpc) is 2.81. The van der Waals surface area contributed by atoms with Gasteiger partial charge in [0.1, 0.15) is 0 Å². The molecule has 100 valence electrons. The second kappa shape index (κ2) is 6.69. The fourth-order valence-electron chi connectivity index (χ4n) is 2.84. The van der Waals surface area contributed by atoms with E-state index in [-0.39, 0.29) is 0 Å². The van der Waals surface area contributed by atoms with Crippen molar-refractivity contribution in [1.82, 2.24) is 5.32 Å². The highest BCUT2D eigenvalue weighted by Crippen LogP contribution is 2.30. The zero-order valence-electron chi connectivity index (χ0n) is 11.0. The fraction of sp³-hybridized carbons (Fsp3) is 0.600. The van der Waals surface area contributed by atoms with Crippen molar-refractivity contribution in [1.29, 1.82) is 0 Å². The van der Waals surface area contributed by atoms with Gasteiger partial charge in [0.25, 0.3) is 0 Å². The Labute approximate surface area is 118 Å². The molecule has 3 heteroatoms. The number of nitrogens with one attached hydrogen (secondary N) is 1. The number of rotatable bonds is 5. The van der Waals surface area contributed by atoms with Crippen LogP contribution in [0.2, 0.25) is 0 Å². The van der Waals surface area contributed by atoms with E-state index in [0.29, 0.717) is 18.4 Å². The third kappa shape index (κ3) is 3.56. The lowest BCUT2D eigenvalue weighted by Crippen LogP contribution is -2.26. The largest absolute Gasteiger partial charge is 0.396 e. The lowest BCUT2D eigenvalue weighted by atomic mass is 9.97.